The Morgan fingerprint density at radius 3 is 2.52 bits per heavy atom. The zero-order valence-corrected chi connectivity index (χ0v) is 14.2. The summed E-state index contributed by atoms with van der Waals surface area (Å²) in [6, 6.07) is 13.1. The van der Waals surface area contributed by atoms with E-state index in [1.54, 1.807) is 24.3 Å². The van der Waals surface area contributed by atoms with Crippen LogP contribution in [0, 0.1) is 5.82 Å². The van der Waals surface area contributed by atoms with Crippen molar-refractivity contribution in [3.05, 3.63) is 59.4 Å². The van der Waals surface area contributed by atoms with Crippen molar-refractivity contribution in [1.29, 1.82) is 0 Å². The Balaban J connectivity index is 1.69. The Kier molecular flexibility index (Phi) is 6.74. The number of ether oxygens (including phenoxy) is 1. The summed E-state index contributed by atoms with van der Waals surface area (Å²) in [7, 11) is 0. The summed E-state index contributed by atoms with van der Waals surface area (Å²) in [5.41, 5.74) is 0. The lowest BCUT2D eigenvalue weighted by molar-refractivity contribution is -0.120. The summed E-state index contributed by atoms with van der Waals surface area (Å²) in [5.74, 6) is 0.204. The molecule has 0 saturated carbocycles. The van der Waals surface area contributed by atoms with Gasteiger partial charge < -0.3 is 10.1 Å². The minimum Gasteiger partial charge on any atom is -0.492 e. The van der Waals surface area contributed by atoms with Crippen molar-refractivity contribution in [2.45, 2.75) is 17.1 Å². The lowest BCUT2D eigenvalue weighted by Gasteiger charge is -2.12. The van der Waals surface area contributed by atoms with E-state index in [4.69, 9.17) is 16.3 Å². The van der Waals surface area contributed by atoms with E-state index in [1.165, 1.54) is 23.9 Å². The molecule has 2 aromatic rings. The molecule has 0 spiro atoms. The number of amides is 1. The monoisotopic (exact) mass is 353 g/mol. The molecule has 1 N–H and O–H groups in total. The van der Waals surface area contributed by atoms with Gasteiger partial charge in [-0.25, -0.2) is 4.39 Å². The Labute approximate surface area is 144 Å². The van der Waals surface area contributed by atoms with Gasteiger partial charge in [-0.05, 0) is 55.5 Å². The molecule has 0 aliphatic heterocycles. The Morgan fingerprint density at radius 1 is 1.22 bits per heavy atom. The van der Waals surface area contributed by atoms with Gasteiger partial charge in [0.05, 0.1) is 11.8 Å². The van der Waals surface area contributed by atoms with E-state index >= 15 is 0 Å². The van der Waals surface area contributed by atoms with Crippen LogP contribution >= 0.6 is 23.4 Å². The fourth-order valence-electron chi connectivity index (χ4n) is 1.79. The summed E-state index contributed by atoms with van der Waals surface area (Å²) in [6.45, 7) is 2.56. The van der Waals surface area contributed by atoms with E-state index in [0.717, 1.165) is 4.90 Å². The smallest absolute Gasteiger partial charge is 0.233 e. The van der Waals surface area contributed by atoms with Crippen LogP contribution in [0.1, 0.15) is 6.92 Å². The van der Waals surface area contributed by atoms with Crippen LogP contribution in [0.3, 0.4) is 0 Å². The van der Waals surface area contributed by atoms with Gasteiger partial charge >= 0.3 is 0 Å². The number of thioether (sulfide) groups is 1. The van der Waals surface area contributed by atoms with Crippen molar-refractivity contribution >= 4 is 29.3 Å². The first kappa shape index (κ1) is 17.6. The molecule has 0 radical (unpaired) electrons. The molecule has 0 unspecified atom stereocenters. The third-order valence-corrected chi connectivity index (χ3v) is 4.34. The molecular formula is C17H17ClFNO2S. The molecule has 6 heteroatoms. The van der Waals surface area contributed by atoms with Gasteiger partial charge in [0.2, 0.25) is 5.91 Å². The van der Waals surface area contributed by atoms with Crippen LogP contribution < -0.4 is 10.1 Å². The normalized spacial score (nSPS) is 11.8. The number of rotatable bonds is 7. The van der Waals surface area contributed by atoms with Crippen molar-refractivity contribution < 1.29 is 13.9 Å². The third kappa shape index (κ3) is 6.12. The molecule has 3 nitrogen and oxygen atoms in total. The average Bonchev–Trinajstić information content (AvgIpc) is 2.55. The number of carbonyl (C=O) groups excluding carboxylic acids is 1. The van der Waals surface area contributed by atoms with Gasteiger partial charge in [-0.15, -0.1) is 11.8 Å². The fraction of sp³-hybridized carbons (Fsp3) is 0.235. The first-order chi connectivity index (χ1) is 11.0. The summed E-state index contributed by atoms with van der Waals surface area (Å²) in [5, 5.41) is 3.26. The molecule has 1 amide bonds. The minimum atomic E-state index is -0.307. The number of nitrogens with one attached hydrogen (secondary N) is 1. The van der Waals surface area contributed by atoms with Crippen molar-refractivity contribution in [2.24, 2.45) is 0 Å². The van der Waals surface area contributed by atoms with Crippen LogP contribution in [0.5, 0.6) is 5.75 Å². The van der Waals surface area contributed by atoms with Crippen molar-refractivity contribution in [3.63, 3.8) is 0 Å². The van der Waals surface area contributed by atoms with Crippen LogP contribution in [0.4, 0.5) is 4.39 Å². The second-order valence-corrected chi connectivity index (χ2v) is 6.66. The van der Waals surface area contributed by atoms with E-state index in [2.05, 4.69) is 5.32 Å². The molecule has 0 aliphatic carbocycles. The molecule has 0 fully saturated rings. The summed E-state index contributed by atoms with van der Waals surface area (Å²) in [6.07, 6.45) is 0. The molecule has 23 heavy (non-hydrogen) atoms. The second-order valence-electron chi connectivity index (χ2n) is 4.81. The highest BCUT2D eigenvalue weighted by Crippen LogP contribution is 2.24. The molecule has 122 valence electrons. The lowest BCUT2D eigenvalue weighted by atomic mass is 10.3. The fourth-order valence-corrected chi connectivity index (χ4v) is 2.81. The largest absolute Gasteiger partial charge is 0.492 e. The maximum absolute atomic E-state index is 12.7. The van der Waals surface area contributed by atoms with Crippen LogP contribution in [-0.2, 0) is 4.79 Å². The van der Waals surface area contributed by atoms with Gasteiger partial charge in [0.1, 0.15) is 18.2 Å². The van der Waals surface area contributed by atoms with E-state index in [-0.39, 0.29) is 17.0 Å². The molecular weight excluding hydrogens is 337 g/mol. The van der Waals surface area contributed by atoms with E-state index in [0.29, 0.717) is 23.9 Å². The molecule has 0 aliphatic rings. The molecule has 0 aromatic heterocycles. The Bertz CT molecular complexity index is 634. The van der Waals surface area contributed by atoms with Gasteiger partial charge in [-0.2, -0.15) is 0 Å². The summed E-state index contributed by atoms with van der Waals surface area (Å²) < 4.78 is 18.2. The number of hydrogen-bond donors (Lipinski definition) is 1. The maximum Gasteiger partial charge on any atom is 0.233 e. The van der Waals surface area contributed by atoms with E-state index in [9.17, 15) is 9.18 Å². The summed E-state index contributed by atoms with van der Waals surface area (Å²) >= 11 is 7.29. The molecule has 2 aromatic carbocycles. The zero-order chi connectivity index (χ0) is 16.7. The van der Waals surface area contributed by atoms with E-state index in [1.807, 2.05) is 19.1 Å². The SMILES string of the molecule is C[C@H](Sc1ccc(Cl)cc1)C(=O)NCCOc1ccc(F)cc1. The highest BCUT2D eigenvalue weighted by molar-refractivity contribution is 8.00. The zero-order valence-electron chi connectivity index (χ0n) is 12.6. The lowest BCUT2D eigenvalue weighted by Crippen LogP contribution is -2.33. The third-order valence-electron chi connectivity index (χ3n) is 2.98. The highest BCUT2D eigenvalue weighted by Gasteiger charge is 2.13. The van der Waals surface area contributed by atoms with Crippen molar-refractivity contribution in [1.82, 2.24) is 5.32 Å². The van der Waals surface area contributed by atoms with Crippen LogP contribution in [0.2, 0.25) is 5.02 Å². The van der Waals surface area contributed by atoms with Crippen LogP contribution in [0.25, 0.3) is 0 Å². The number of carbonyl (C=O) groups is 1. The first-order valence-corrected chi connectivity index (χ1v) is 8.38. The average molecular weight is 354 g/mol. The maximum atomic E-state index is 12.7. The van der Waals surface area contributed by atoms with Crippen molar-refractivity contribution in [2.75, 3.05) is 13.2 Å². The van der Waals surface area contributed by atoms with Crippen LogP contribution in [-0.4, -0.2) is 24.3 Å². The quantitative estimate of drug-likeness (QED) is 0.600. The van der Waals surface area contributed by atoms with Gasteiger partial charge in [-0.1, -0.05) is 11.6 Å². The second kappa shape index (κ2) is 8.79. The standard InChI is InChI=1S/C17H17ClFNO2S/c1-12(23-16-8-2-13(18)3-9-16)17(21)20-10-11-22-15-6-4-14(19)5-7-15/h2-9,12H,10-11H2,1H3,(H,20,21)/t12-/m0/s1. The number of halogens is 2. The number of hydrogen-bond acceptors (Lipinski definition) is 3. The minimum absolute atomic E-state index is 0.0624. The predicted octanol–water partition coefficient (Wildman–Crippen LogP) is 4.15. The predicted molar refractivity (Wildman–Crippen MR) is 91.7 cm³/mol. The Hall–Kier alpha value is -1.72. The van der Waals surface area contributed by atoms with Crippen LogP contribution in [0.15, 0.2) is 53.4 Å². The molecule has 0 heterocycles. The van der Waals surface area contributed by atoms with Gasteiger partial charge in [0.15, 0.2) is 0 Å². The highest BCUT2D eigenvalue weighted by atomic mass is 35.5. The van der Waals surface area contributed by atoms with Crippen molar-refractivity contribution in [3.8, 4) is 5.75 Å². The number of benzene rings is 2. The molecule has 0 bridgehead atoms. The van der Waals surface area contributed by atoms with Gasteiger partial charge in [-0.3, -0.25) is 4.79 Å². The van der Waals surface area contributed by atoms with Gasteiger partial charge in [0, 0.05) is 9.92 Å². The molecule has 1 atom stereocenters. The van der Waals surface area contributed by atoms with E-state index < -0.39 is 0 Å². The molecule has 0 saturated heterocycles. The summed E-state index contributed by atoms with van der Waals surface area (Å²) in [4.78, 5) is 13.0. The topological polar surface area (TPSA) is 38.3 Å². The molecule has 2 rings (SSSR count). The first-order valence-electron chi connectivity index (χ1n) is 7.13. The van der Waals surface area contributed by atoms with Gasteiger partial charge in [0.25, 0.3) is 0 Å². The Morgan fingerprint density at radius 2 is 1.87 bits per heavy atom.